The van der Waals surface area contributed by atoms with Gasteiger partial charge in [0.2, 0.25) is 0 Å². The molecule has 2 heterocycles. The SMILES string of the molecule is COc1ccc2c(N3CCCC3C(=O)O)ncnc2c1F. The van der Waals surface area contributed by atoms with Crippen LogP contribution in [0.1, 0.15) is 12.8 Å². The predicted molar refractivity (Wildman–Crippen MR) is 74.1 cm³/mol. The minimum atomic E-state index is -0.895. The molecule has 7 heteroatoms. The number of carboxylic acids is 1. The fraction of sp³-hybridized carbons (Fsp3) is 0.357. The highest BCUT2D eigenvalue weighted by atomic mass is 19.1. The predicted octanol–water partition coefficient (Wildman–Crippen LogP) is 1.83. The number of halogens is 1. The molecular weight excluding hydrogens is 277 g/mol. The Labute approximate surface area is 120 Å². The van der Waals surface area contributed by atoms with Crippen LogP contribution in [0, 0.1) is 5.82 Å². The van der Waals surface area contributed by atoms with E-state index in [1.807, 2.05) is 0 Å². The zero-order valence-electron chi connectivity index (χ0n) is 11.4. The maximum absolute atomic E-state index is 14.2. The smallest absolute Gasteiger partial charge is 0.326 e. The van der Waals surface area contributed by atoms with Crippen molar-refractivity contribution in [1.82, 2.24) is 9.97 Å². The number of aromatic nitrogens is 2. The zero-order valence-corrected chi connectivity index (χ0v) is 11.4. The average molecular weight is 291 g/mol. The number of rotatable bonds is 3. The van der Waals surface area contributed by atoms with Crippen LogP contribution in [0.15, 0.2) is 18.5 Å². The molecule has 21 heavy (non-hydrogen) atoms. The summed E-state index contributed by atoms with van der Waals surface area (Å²) in [6.07, 6.45) is 2.57. The second-order valence-corrected chi connectivity index (χ2v) is 4.86. The lowest BCUT2D eigenvalue weighted by Crippen LogP contribution is -2.36. The first-order valence-electron chi connectivity index (χ1n) is 6.60. The van der Waals surface area contributed by atoms with E-state index in [0.29, 0.717) is 24.2 Å². The second kappa shape index (κ2) is 5.16. The summed E-state index contributed by atoms with van der Waals surface area (Å²) in [6.45, 7) is 0.580. The fourth-order valence-electron chi connectivity index (χ4n) is 2.73. The van der Waals surface area contributed by atoms with Crippen molar-refractivity contribution in [3.05, 3.63) is 24.3 Å². The lowest BCUT2D eigenvalue weighted by molar-refractivity contribution is -0.138. The maximum Gasteiger partial charge on any atom is 0.326 e. The van der Waals surface area contributed by atoms with Crippen LogP contribution in [-0.4, -0.2) is 40.7 Å². The maximum atomic E-state index is 14.2. The third-order valence-electron chi connectivity index (χ3n) is 3.72. The molecule has 1 N–H and O–H groups in total. The van der Waals surface area contributed by atoms with Crippen LogP contribution in [0.5, 0.6) is 5.75 Å². The number of hydrogen-bond acceptors (Lipinski definition) is 5. The number of anilines is 1. The van der Waals surface area contributed by atoms with Gasteiger partial charge in [-0.2, -0.15) is 0 Å². The van der Waals surface area contributed by atoms with E-state index in [1.165, 1.54) is 19.5 Å². The number of hydrogen-bond donors (Lipinski definition) is 1. The lowest BCUT2D eigenvalue weighted by atomic mass is 10.2. The number of benzene rings is 1. The monoisotopic (exact) mass is 291 g/mol. The molecule has 1 saturated heterocycles. The Morgan fingerprint density at radius 1 is 1.48 bits per heavy atom. The highest BCUT2D eigenvalue weighted by molar-refractivity contribution is 5.92. The molecule has 1 unspecified atom stereocenters. The largest absolute Gasteiger partial charge is 0.494 e. The van der Waals surface area contributed by atoms with Crippen molar-refractivity contribution in [2.75, 3.05) is 18.6 Å². The molecule has 0 saturated carbocycles. The highest BCUT2D eigenvalue weighted by Gasteiger charge is 2.32. The van der Waals surface area contributed by atoms with Crippen LogP contribution in [0.4, 0.5) is 10.2 Å². The quantitative estimate of drug-likeness (QED) is 0.930. The van der Waals surface area contributed by atoms with Crippen LogP contribution < -0.4 is 9.64 Å². The number of aliphatic carboxylic acids is 1. The zero-order chi connectivity index (χ0) is 15.0. The molecule has 0 radical (unpaired) electrons. The average Bonchev–Trinajstić information content (AvgIpc) is 2.97. The molecule has 0 aliphatic carbocycles. The van der Waals surface area contributed by atoms with E-state index in [2.05, 4.69) is 9.97 Å². The molecule has 1 aliphatic rings. The van der Waals surface area contributed by atoms with E-state index in [1.54, 1.807) is 11.0 Å². The summed E-state index contributed by atoms with van der Waals surface area (Å²) in [5.41, 5.74) is 0.135. The van der Waals surface area contributed by atoms with Crippen molar-refractivity contribution in [2.24, 2.45) is 0 Å². The molecule has 2 aromatic rings. The molecular formula is C14H14FN3O3. The first-order chi connectivity index (χ1) is 10.1. The van der Waals surface area contributed by atoms with Crippen molar-refractivity contribution in [2.45, 2.75) is 18.9 Å². The third kappa shape index (κ3) is 2.14. The Balaban J connectivity index is 2.15. The molecule has 1 fully saturated rings. The van der Waals surface area contributed by atoms with Gasteiger partial charge in [0, 0.05) is 11.9 Å². The molecule has 0 amide bonds. The van der Waals surface area contributed by atoms with Crippen LogP contribution in [-0.2, 0) is 4.79 Å². The minimum absolute atomic E-state index is 0.100. The third-order valence-corrected chi connectivity index (χ3v) is 3.72. The van der Waals surface area contributed by atoms with Gasteiger partial charge in [0.25, 0.3) is 0 Å². The molecule has 1 atom stereocenters. The molecule has 1 aliphatic heterocycles. The summed E-state index contributed by atoms with van der Waals surface area (Å²) < 4.78 is 19.2. The molecule has 1 aromatic heterocycles. The molecule has 3 rings (SSSR count). The van der Waals surface area contributed by atoms with E-state index < -0.39 is 17.8 Å². The van der Waals surface area contributed by atoms with E-state index in [4.69, 9.17) is 4.74 Å². The van der Waals surface area contributed by atoms with E-state index in [9.17, 15) is 14.3 Å². The van der Waals surface area contributed by atoms with Crippen LogP contribution in [0.2, 0.25) is 0 Å². The Bertz CT molecular complexity index is 707. The number of nitrogens with zero attached hydrogens (tertiary/aromatic N) is 3. The molecule has 110 valence electrons. The van der Waals surface area contributed by atoms with Gasteiger partial charge < -0.3 is 14.7 Å². The van der Waals surface area contributed by atoms with Gasteiger partial charge in [-0.05, 0) is 25.0 Å². The normalized spacial score (nSPS) is 18.2. The van der Waals surface area contributed by atoms with Gasteiger partial charge >= 0.3 is 5.97 Å². The second-order valence-electron chi connectivity index (χ2n) is 4.86. The summed E-state index contributed by atoms with van der Waals surface area (Å²) in [5.74, 6) is -0.909. The Kier molecular flexibility index (Phi) is 3.32. The standard InChI is InChI=1S/C14H14FN3O3/c1-21-10-5-4-8-12(11(10)15)16-7-17-13(8)18-6-2-3-9(18)14(19)20/h4-5,7,9H,2-3,6H2,1H3,(H,19,20). The van der Waals surface area contributed by atoms with Gasteiger partial charge in [-0.25, -0.2) is 19.2 Å². The molecule has 1 aromatic carbocycles. The van der Waals surface area contributed by atoms with Gasteiger partial charge in [0.15, 0.2) is 11.6 Å². The van der Waals surface area contributed by atoms with Gasteiger partial charge in [-0.3, -0.25) is 0 Å². The fourth-order valence-corrected chi connectivity index (χ4v) is 2.73. The minimum Gasteiger partial charge on any atom is -0.494 e. The topological polar surface area (TPSA) is 75.5 Å². The molecule has 0 spiro atoms. The molecule has 6 nitrogen and oxygen atoms in total. The summed E-state index contributed by atoms with van der Waals surface area (Å²) in [5, 5.41) is 9.76. The number of carbonyl (C=O) groups is 1. The molecule has 0 bridgehead atoms. The first-order valence-corrected chi connectivity index (χ1v) is 6.60. The number of ether oxygens (including phenoxy) is 1. The van der Waals surface area contributed by atoms with Crippen molar-refractivity contribution in [3.63, 3.8) is 0 Å². The van der Waals surface area contributed by atoms with Crippen LogP contribution >= 0.6 is 0 Å². The Morgan fingerprint density at radius 3 is 3.00 bits per heavy atom. The Morgan fingerprint density at radius 2 is 2.29 bits per heavy atom. The van der Waals surface area contributed by atoms with E-state index in [-0.39, 0.29) is 11.3 Å². The van der Waals surface area contributed by atoms with Crippen molar-refractivity contribution in [1.29, 1.82) is 0 Å². The van der Waals surface area contributed by atoms with Crippen LogP contribution in [0.25, 0.3) is 10.9 Å². The number of fused-ring (bicyclic) bond motifs is 1. The number of carboxylic acid groups (broad SMARTS) is 1. The van der Waals surface area contributed by atoms with E-state index in [0.717, 1.165) is 6.42 Å². The summed E-state index contributed by atoms with van der Waals surface area (Å²) in [4.78, 5) is 21.1. The van der Waals surface area contributed by atoms with Crippen molar-refractivity contribution in [3.8, 4) is 5.75 Å². The van der Waals surface area contributed by atoms with Gasteiger partial charge in [0.1, 0.15) is 23.7 Å². The van der Waals surface area contributed by atoms with Gasteiger partial charge in [0.05, 0.1) is 7.11 Å². The van der Waals surface area contributed by atoms with Gasteiger partial charge in [-0.15, -0.1) is 0 Å². The van der Waals surface area contributed by atoms with Gasteiger partial charge in [-0.1, -0.05) is 0 Å². The van der Waals surface area contributed by atoms with E-state index >= 15 is 0 Å². The number of methoxy groups -OCH3 is 1. The summed E-state index contributed by atoms with van der Waals surface area (Å²) in [6, 6.07) is 2.52. The summed E-state index contributed by atoms with van der Waals surface area (Å²) >= 11 is 0. The first kappa shape index (κ1) is 13.5. The van der Waals surface area contributed by atoms with Crippen molar-refractivity contribution >= 4 is 22.7 Å². The highest BCUT2D eigenvalue weighted by Crippen LogP contribution is 2.33. The lowest BCUT2D eigenvalue weighted by Gasteiger charge is -2.23. The van der Waals surface area contributed by atoms with Crippen LogP contribution in [0.3, 0.4) is 0 Å². The Hall–Kier alpha value is -2.44. The van der Waals surface area contributed by atoms with Crippen molar-refractivity contribution < 1.29 is 19.0 Å². The summed E-state index contributed by atoms with van der Waals surface area (Å²) in [7, 11) is 1.38.